The van der Waals surface area contributed by atoms with Gasteiger partial charge in [-0.05, 0) is 30.5 Å². The molecule has 118 valence electrons. The Morgan fingerprint density at radius 1 is 1.00 bits per heavy atom. The minimum atomic E-state index is -4.64. The third kappa shape index (κ3) is 4.99. The van der Waals surface area contributed by atoms with Gasteiger partial charge >= 0.3 is 6.18 Å². The average molecular weight is 303 g/mol. The van der Waals surface area contributed by atoms with Crippen LogP contribution in [0.1, 0.15) is 56.1 Å². The maximum absolute atomic E-state index is 13.2. The summed E-state index contributed by atoms with van der Waals surface area (Å²) in [6.07, 6.45) is 3.55. The molecule has 1 aromatic rings. The molecule has 0 aliphatic heterocycles. The van der Waals surface area contributed by atoms with Gasteiger partial charge in [0.25, 0.3) is 0 Å². The lowest BCUT2D eigenvalue weighted by Crippen LogP contribution is -2.29. The minimum Gasteiger partial charge on any atom is -0.310 e. The summed E-state index contributed by atoms with van der Waals surface area (Å²) in [4.78, 5) is 0. The van der Waals surface area contributed by atoms with Gasteiger partial charge in [-0.25, -0.2) is 4.39 Å². The molecule has 1 fully saturated rings. The fourth-order valence-electron chi connectivity index (χ4n) is 2.82. The van der Waals surface area contributed by atoms with E-state index in [-0.39, 0.29) is 0 Å². The van der Waals surface area contributed by atoms with E-state index < -0.39 is 17.6 Å². The number of alkyl halides is 3. The Morgan fingerprint density at radius 2 is 1.62 bits per heavy atom. The van der Waals surface area contributed by atoms with Crippen LogP contribution in [0.4, 0.5) is 17.6 Å². The fourth-order valence-corrected chi connectivity index (χ4v) is 2.82. The molecule has 0 amide bonds. The molecule has 1 nitrogen and oxygen atoms in total. The summed E-state index contributed by atoms with van der Waals surface area (Å²) < 4.78 is 51.2. The van der Waals surface area contributed by atoms with Gasteiger partial charge in [-0.1, -0.05) is 38.2 Å². The molecule has 1 saturated carbocycles. The largest absolute Gasteiger partial charge is 0.419 e. The first kappa shape index (κ1) is 16.3. The predicted molar refractivity (Wildman–Crippen MR) is 74.3 cm³/mol. The highest BCUT2D eigenvalue weighted by Gasteiger charge is 2.34. The summed E-state index contributed by atoms with van der Waals surface area (Å²) in [6, 6.07) is 3.58. The number of halogens is 4. The number of hydrogen-bond acceptors (Lipinski definition) is 1. The molecule has 1 aliphatic rings. The van der Waals surface area contributed by atoms with Crippen LogP contribution in [0.15, 0.2) is 18.2 Å². The van der Waals surface area contributed by atoms with Crippen molar-refractivity contribution in [3.05, 3.63) is 35.1 Å². The molecule has 0 spiro atoms. The second-order valence-corrected chi connectivity index (χ2v) is 5.73. The second kappa shape index (κ2) is 7.25. The van der Waals surface area contributed by atoms with Gasteiger partial charge in [-0.2, -0.15) is 13.2 Å². The molecule has 2 rings (SSSR count). The molecular formula is C16H21F4N. The molecule has 1 N–H and O–H groups in total. The Bertz CT molecular complexity index is 448. The topological polar surface area (TPSA) is 12.0 Å². The van der Waals surface area contributed by atoms with Crippen molar-refractivity contribution in [3.8, 4) is 0 Å². The number of benzene rings is 1. The van der Waals surface area contributed by atoms with Crippen molar-refractivity contribution in [2.75, 3.05) is 0 Å². The van der Waals surface area contributed by atoms with E-state index >= 15 is 0 Å². The van der Waals surface area contributed by atoms with Crippen LogP contribution >= 0.6 is 0 Å². The predicted octanol–water partition coefficient (Wildman–Crippen LogP) is 5.05. The van der Waals surface area contributed by atoms with Crippen LogP contribution in [0.25, 0.3) is 0 Å². The molecule has 1 aromatic carbocycles. The van der Waals surface area contributed by atoms with Crippen molar-refractivity contribution in [2.45, 2.75) is 63.7 Å². The molecule has 0 aromatic heterocycles. The Hall–Kier alpha value is -1.10. The normalized spacial score (nSPS) is 18.3. The van der Waals surface area contributed by atoms with Crippen molar-refractivity contribution in [2.24, 2.45) is 0 Å². The monoisotopic (exact) mass is 303 g/mol. The summed E-state index contributed by atoms with van der Waals surface area (Å²) in [6.45, 7) is 0.355. The van der Waals surface area contributed by atoms with Gasteiger partial charge < -0.3 is 5.32 Å². The highest BCUT2D eigenvalue weighted by atomic mass is 19.4. The molecule has 0 unspecified atom stereocenters. The highest BCUT2D eigenvalue weighted by molar-refractivity contribution is 5.27. The Balaban J connectivity index is 1.96. The fraction of sp³-hybridized carbons (Fsp3) is 0.625. The summed E-state index contributed by atoms with van der Waals surface area (Å²) in [5.41, 5.74) is -0.703. The third-order valence-corrected chi connectivity index (χ3v) is 4.04. The smallest absolute Gasteiger partial charge is 0.310 e. The van der Waals surface area contributed by atoms with Gasteiger partial charge in [0.05, 0.1) is 5.56 Å². The zero-order chi connectivity index (χ0) is 15.3. The first-order chi connectivity index (χ1) is 9.97. The summed E-state index contributed by atoms with van der Waals surface area (Å²) in [5, 5.41) is 3.31. The molecule has 0 atom stereocenters. The van der Waals surface area contributed by atoms with Crippen LogP contribution < -0.4 is 5.32 Å². The summed E-state index contributed by atoms with van der Waals surface area (Å²) >= 11 is 0. The van der Waals surface area contributed by atoms with Crippen LogP contribution in [0.3, 0.4) is 0 Å². The van der Waals surface area contributed by atoms with Crippen LogP contribution in [0.2, 0.25) is 0 Å². The van der Waals surface area contributed by atoms with Crippen LogP contribution in [0, 0.1) is 5.82 Å². The number of hydrogen-bond donors (Lipinski definition) is 1. The highest BCUT2D eigenvalue weighted by Crippen LogP contribution is 2.32. The van der Waals surface area contributed by atoms with Crippen molar-refractivity contribution in [1.29, 1.82) is 0 Å². The number of rotatable bonds is 3. The molecule has 1 aliphatic carbocycles. The Morgan fingerprint density at radius 3 is 2.24 bits per heavy atom. The Labute approximate surface area is 122 Å². The molecule has 0 saturated heterocycles. The first-order valence-electron chi connectivity index (χ1n) is 7.56. The van der Waals surface area contributed by atoms with E-state index in [4.69, 9.17) is 0 Å². The van der Waals surface area contributed by atoms with E-state index in [9.17, 15) is 17.6 Å². The number of nitrogens with one attached hydrogen (secondary N) is 1. The van der Waals surface area contributed by atoms with E-state index in [0.717, 1.165) is 37.8 Å². The third-order valence-electron chi connectivity index (χ3n) is 4.04. The van der Waals surface area contributed by atoms with Crippen molar-refractivity contribution >= 4 is 0 Å². The standard InChI is InChI=1S/C16H21F4N/c17-15-9-8-12(10-14(15)16(18,19)20)11-21-13-6-4-2-1-3-5-7-13/h8-10,13,21H,1-7,11H2. The molecule has 0 bridgehead atoms. The van der Waals surface area contributed by atoms with Gasteiger partial charge in [0.1, 0.15) is 5.82 Å². The SMILES string of the molecule is Fc1ccc(CNC2CCCCCCC2)cc1C(F)(F)F. The van der Waals surface area contributed by atoms with Crippen molar-refractivity contribution in [1.82, 2.24) is 5.32 Å². The zero-order valence-electron chi connectivity index (χ0n) is 12.0. The van der Waals surface area contributed by atoms with Crippen LogP contribution in [-0.4, -0.2) is 6.04 Å². The Kier molecular flexibility index (Phi) is 5.62. The minimum absolute atomic E-state index is 0.352. The maximum atomic E-state index is 13.2. The van der Waals surface area contributed by atoms with Gasteiger partial charge in [0, 0.05) is 12.6 Å². The van der Waals surface area contributed by atoms with Crippen LogP contribution in [0.5, 0.6) is 0 Å². The second-order valence-electron chi connectivity index (χ2n) is 5.73. The molecule has 5 heteroatoms. The van der Waals surface area contributed by atoms with Gasteiger partial charge in [-0.3, -0.25) is 0 Å². The summed E-state index contributed by atoms with van der Waals surface area (Å²) in [7, 11) is 0. The average Bonchev–Trinajstić information content (AvgIpc) is 2.37. The van der Waals surface area contributed by atoms with E-state index in [1.807, 2.05) is 0 Å². The van der Waals surface area contributed by atoms with Crippen molar-refractivity contribution < 1.29 is 17.6 Å². The van der Waals surface area contributed by atoms with E-state index in [0.29, 0.717) is 18.2 Å². The molecule has 21 heavy (non-hydrogen) atoms. The first-order valence-corrected chi connectivity index (χ1v) is 7.56. The maximum Gasteiger partial charge on any atom is 0.419 e. The van der Waals surface area contributed by atoms with Gasteiger partial charge in [0.15, 0.2) is 0 Å². The van der Waals surface area contributed by atoms with E-state index in [1.165, 1.54) is 25.3 Å². The zero-order valence-corrected chi connectivity index (χ0v) is 12.0. The quantitative estimate of drug-likeness (QED) is 0.771. The molecular weight excluding hydrogens is 282 g/mol. The van der Waals surface area contributed by atoms with Crippen LogP contribution in [-0.2, 0) is 12.7 Å². The van der Waals surface area contributed by atoms with Gasteiger partial charge in [-0.15, -0.1) is 0 Å². The lowest BCUT2D eigenvalue weighted by atomic mass is 9.96. The van der Waals surface area contributed by atoms with E-state index in [1.54, 1.807) is 0 Å². The van der Waals surface area contributed by atoms with E-state index in [2.05, 4.69) is 5.32 Å². The lowest BCUT2D eigenvalue weighted by Gasteiger charge is -2.21. The lowest BCUT2D eigenvalue weighted by molar-refractivity contribution is -0.140. The molecule has 0 radical (unpaired) electrons. The van der Waals surface area contributed by atoms with Gasteiger partial charge in [0.2, 0.25) is 0 Å². The van der Waals surface area contributed by atoms with Crippen molar-refractivity contribution in [3.63, 3.8) is 0 Å². The summed E-state index contributed by atoms with van der Waals surface area (Å²) in [5.74, 6) is -1.21. The molecule has 0 heterocycles.